The normalized spacial score (nSPS) is 27.6. The van der Waals surface area contributed by atoms with Crippen molar-refractivity contribution in [2.24, 2.45) is 17.6 Å². The van der Waals surface area contributed by atoms with Gasteiger partial charge >= 0.3 is 0 Å². The molecule has 2 N–H and O–H groups in total. The van der Waals surface area contributed by atoms with Crippen LogP contribution in [-0.2, 0) is 5.41 Å². The number of hydrogen-bond donors (Lipinski definition) is 1. The molecule has 26 heavy (non-hydrogen) atoms. The fourth-order valence-electron chi connectivity index (χ4n) is 4.79. The van der Waals surface area contributed by atoms with Crippen molar-refractivity contribution in [3.63, 3.8) is 0 Å². The van der Waals surface area contributed by atoms with Crippen LogP contribution >= 0.6 is 27.5 Å². The molecule has 2 unspecified atom stereocenters. The summed E-state index contributed by atoms with van der Waals surface area (Å²) in [6, 6.07) is 9.74. The van der Waals surface area contributed by atoms with E-state index in [9.17, 15) is 4.79 Å². The van der Waals surface area contributed by atoms with Crippen LogP contribution in [-0.4, -0.2) is 24.0 Å². The van der Waals surface area contributed by atoms with Crippen molar-refractivity contribution in [3.05, 3.63) is 57.2 Å². The number of anilines is 1. The molecule has 1 saturated carbocycles. The van der Waals surface area contributed by atoms with Gasteiger partial charge in [0, 0.05) is 23.8 Å². The second-order valence-corrected chi connectivity index (χ2v) is 9.05. The van der Waals surface area contributed by atoms with Gasteiger partial charge in [0.2, 0.25) is 5.91 Å². The summed E-state index contributed by atoms with van der Waals surface area (Å²) in [6.07, 6.45) is 3.97. The zero-order valence-corrected chi connectivity index (χ0v) is 16.9. The second kappa shape index (κ2) is 6.54. The van der Waals surface area contributed by atoms with Gasteiger partial charge in [0.15, 0.2) is 0 Å². The summed E-state index contributed by atoms with van der Waals surface area (Å²) in [7, 11) is 0. The van der Waals surface area contributed by atoms with Crippen molar-refractivity contribution in [1.82, 2.24) is 4.98 Å². The van der Waals surface area contributed by atoms with Gasteiger partial charge in [0.1, 0.15) is 5.82 Å². The van der Waals surface area contributed by atoms with Crippen molar-refractivity contribution in [3.8, 4) is 0 Å². The number of carbonyl (C=O) groups excluding carboxylic acids is 1. The van der Waals surface area contributed by atoms with Gasteiger partial charge in [-0.15, -0.1) is 0 Å². The number of primary amides is 1. The molecule has 1 aromatic carbocycles. The average molecular weight is 435 g/mol. The van der Waals surface area contributed by atoms with Gasteiger partial charge in [-0.2, -0.15) is 0 Å². The predicted molar refractivity (Wildman–Crippen MR) is 108 cm³/mol. The highest BCUT2D eigenvalue weighted by atomic mass is 79.9. The Labute approximate surface area is 166 Å². The molecule has 2 heterocycles. The van der Waals surface area contributed by atoms with Crippen LogP contribution in [0.3, 0.4) is 0 Å². The Hall–Kier alpha value is -1.59. The molecule has 0 bridgehead atoms. The maximum Gasteiger partial charge on any atom is 0.250 e. The predicted octanol–water partition coefficient (Wildman–Crippen LogP) is 4.40. The second-order valence-electron chi connectivity index (χ2n) is 7.76. The molecule has 0 spiro atoms. The van der Waals surface area contributed by atoms with Gasteiger partial charge in [-0.1, -0.05) is 30.7 Å². The number of aromatic nitrogens is 1. The highest BCUT2D eigenvalue weighted by Crippen LogP contribution is 2.52. The van der Waals surface area contributed by atoms with E-state index in [1.807, 2.05) is 24.4 Å². The SMILES string of the molecule is CC1(c2cccc(C(N)=O)c2Cl)CC2CN(c3ccc(Br)cn3)CC2C1. The van der Waals surface area contributed by atoms with E-state index < -0.39 is 5.91 Å². The molecule has 2 aliphatic rings. The Kier molecular flexibility index (Phi) is 4.48. The van der Waals surface area contributed by atoms with E-state index in [-0.39, 0.29) is 5.41 Å². The molecule has 4 rings (SSSR count). The van der Waals surface area contributed by atoms with E-state index in [1.54, 1.807) is 6.07 Å². The minimum atomic E-state index is -0.467. The Bertz CT molecular complexity index is 841. The first kappa shape index (κ1) is 17.8. The molecule has 136 valence electrons. The molecule has 6 heteroatoms. The number of amides is 1. The number of nitrogens with two attached hydrogens (primary N) is 1. The molecule has 2 aromatic rings. The molecular formula is C20H21BrClN3O. The van der Waals surface area contributed by atoms with Crippen LogP contribution in [0.5, 0.6) is 0 Å². The smallest absolute Gasteiger partial charge is 0.250 e. The lowest BCUT2D eigenvalue weighted by molar-refractivity contribution is 0.100. The number of pyridine rings is 1. The molecule has 0 radical (unpaired) electrons. The summed E-state index contributed by atoms with van der Waals surface area (Å²) in [5.74, 6) is 1.79. The quantitative estimate of drug-likeness (QED) is 0.779. The number of benzene rings is 1. The first-order chi connectivity index (χ1) is 12.4. The fourth-order valence-corrected chi connectivity index (χ4v) is 5.47. The van der Waals surface area contributed by atoms with Crippen molar-refractivity contribution in [1.29, 1.82) is 0 Å². The number of nitrogens with zero attached hydrogens (tertiary/aromatic N) is 2. The lowest BCUT2D eigenvalue weighted by atomic mass is 9.79. The summed E-state index contributed by atoms with van der Waals surface area (Å²) in [5, 5.41) is 0.522. The van der Waals surface area contributed by atoms with Crippen LogP contribution < -0.4 is 10.6 Å². The molecule has 1 aliphatic carbocycles. The largest absolute Gasteiger partial charge is 0.366 e. The Balaban J connectivity index is 1.55. The Morgan fingerprint density at radius 1 is 1.27 bits per heavy atom. The van der Waals surface area contributed by atoms with Gasteiger partial charge < -0.3 is 10.6 Å². The number of fused-ring (bicyclic) bond motifs is 1. The highest BCUT2D eigenvalue weighted by molar-refractivity contribution is 9.10. The summed E-state index contributed by atoms with van der Waals surface area (Å²) < 4.78 is 0.997. The molecule has 1 aromatic heterocycles. The Morgan fingerprint density at radius 3 is 2.54 bits per heavy atom. The molecule has 1 amide bonds. The maximum atomic E-state index is 11.6. The number of halogens is 2. The van der Waals surface area contributed by atoms with Gasteiger partial charge in [0.25, 0.3) is 0 Å². The summed E-state index contributed by atoms with van der Waals surface area (Å²) in [6.45, 7) is 4.30. The van der Waals surface area contributed by atoms with Crippen LogP contribution in [0.4, 0.5) is 5.82 Å². The molecular weight excluding hydrogens is 414 g/mol. The minimum absolute atomic E-state index is 0.0168. The summed E-state index contributed by atoms with van der Waals surface area (Å²) >= 11 is 9.98. The third kappa shape index (κ3) is 3.01. The fraction of sp³-hybridized carbons (Fsp3) is 0.400. The average Bonchev–Trinajstić information content (AvgIpc) is 3.11. The van der Waals surface area contributed by atoms with E-state index >= 15 is 0 Å². The molecule has 1 saturated heterocycles. The van der Waals surface area contributed by atoms with Crippen LogP contribution in [0.1, 0.15) is 35.7 Å². The zero-order chi connectivity index (χ0) is 18.5. The summed E-state index contributed by atoms with van der Waals surface area (Å²) in [5.41, 5.74) is 6.93. The topological polar surface area (TPSA) is 59.2 Å². The zero-order valence-electron chi connectivity index (χ0n) is 14.6. The first-order valence-electron chi connectivity index (χ1n) is 8.83. The summed E-state index contributed by atoms with van der Waals surface area (Å²) in [4.78, 5) is 18.5. The lowest BCUT2D eigenvalue weighted by Crippen LogP contribution is -2.27. The van der Waals surface area contributed by atoms with Gasteiger partial charge in [-0.3, -0.25) is 4.79 Å². The van der Waals surface area contributed by atoms with Crippen molar-refractivity contribution < 1.29 is 4.79 Å². The molecule has 1 aliphatic heterocycles. The van der Waals surface area contributed by atoms with E-state index in [4.69, 9.17) is 17.3 Å². The van der Waals surface area contributed by atoms with Gasteiger partial charge in [-0.05, 0) is 69.8 Å². The van der Waals surface area contributed by atoms with E-state index in [0.717, 1.165) is 41.8 Å². The first-order valence-corrected chi connectivity index (χ1v) is 10.00. The molecule has 2 fully saturated rings. The van der Waals surface area contributed by atoms with E-state index in [1.165, 1.54) is 0 Å². The van der Waals surface area contributed by atoms with E-state index in [2.05, 4.69) is 38.8 Å². The lowest BCUT2D eigenvalue weighted by Gasteiger charge is -2.29. The van der Waals surface area contributed by atoms with Crippen LogP contribution in [0.15, 0.2) is 41.0 Å². The number of hydrogen-bond acceptors (Lipinski definition) is 3. The third-order valence-corrected chi connectivity index (χ3v) is 6.83. The van der Waals surface area contributed by atoms with Crippen LogP contribution in [0.2, 0.25) is 5.02 Å². The van der Waals surface area contributed by atoms with E-state index in [0.29, 0.717) is 22.4 Å². The number of rotatable bonds is 3. The van der Waals surface area contributed by atoms with Crippen molar-refractivity contribution in [2.75, 3.05) is 18.0 Å². The highest BCUT2D eigenvalue weighted by Gasteiger charge is 2.48. The van der Waals surface area contributed by atoms with Crippen LogP contribution in [0.25, 0.3) is 0 Å². The standard InChI is InChI=1S/C20H21BrClN3O/c1-20(16-4-2-3-15(18(16)22)19(23)26)7-12-10-25(11-13(12)8-20)17-6-5-14(21)9-24-17/h2-6,9,12-13H,7-8,10-11H2,1H3,(H2,23,26). The van der Waals surface area contributed by atoms with Crippen molar-refractivity contribution in [2.45, 2.75) is 25.2 Å². The van der Waals surface area contributed by atoms with Gasteiger partial charge in [0.05, 0.1) is 10.6 Å². The molecule has 2 atom stereocenters. The third-order valence-electron chi connectivity index (χ3n) is 5.95. The molecule has 4 nitrogen and oxygen atoms in total. The van der Waals surface area contributed by atoms with Crippen molar-refractivity contribution >= 4 is 39.3 Å². The minimum Gasteiger partial charge on any atom is -0.366 e. The Morgan fingerprint density at radius 2 is 1.96 bits per heavy atom. The van der Waals surface area contributed by atoms with Crippen LogP contribution in [0, 0.1) is 11.8 Å². The maximum absolute atomic E-state index is 11.6. The van der Waals surface area contributed by atoms with Gasteiger partial charge in [-0.25, -0.2) is 4.98 Å². The number of carbonyl (C=O) groups is 1. The monoisotopic (exact) mass is 433 g/mol.